The molecule has 0 heterocycles. The van der Waals surface area contributed by atoms with E-state index in [0.717, 1.165) is 25.1 Å². The number of benzene rings is 1. The third kappa shape index (κ3) is 4.36. The molecule has 0 amide bonds. The number of aliphatic hydroxyl groups excluding tert-OH is 1. The first-order chi connectivity index (χ1) is 8.19. The maximum Gasteiger partial charge on any atom is 0.123 e. The van der Waals surface area contributed by atoms with Crippen molar-refractivity contribution in [3.05, 3.63) is 29.3 Å². The Kier molecular flexibility index (Phi) is 6.01. The molecule has 3 heteroatoms. The summed E-state index contributed by atoms with van der Waals surface area (Å²) in [5.74, 6) is 0.937. The highest BCUT2D eigenvalue weighted by atomic mass is 16.5. The maximum atomic E-state index is 8.71. The number of ether oxygens (including phenoxy) is 1. The largest absolute Gasteiger partial charge is 0.496 e. The number of hydrogen-bond acceptors (Lipinski definition) is 3. The van der Waals surface area contributed by atoms with Crippen LogP contribution in [0.3, 0.4) is 0 Å². The lowest BCUT2D eigenvalue weighted by atomic mass is 10.0. The molecular weight excluding hydrogens is 214 g/mol. The Morgan fingerprint density at radius 2 is 2.12 bits per heavy atom. The summed E-state index contributed by atoms with van der Waals surface area (Å²) >= 11 is 0. The van der Waals surface area contributed by atoms with E-state index in [9.17, 15) is 0 Å². The minimum absolute atomic E-state index is 0.268. The van der Waals surface area contributed by atoms with Crippen LogP contribution >= 0.6 is 0 Å². The molecule has 0 spiro atoms. The SMILES string of the molecule is COc1cc(C)ccc1C(C)NCCCCO. The van der Waals surface area contributed by atoms with Crippen LogP contribution in [-0.4, -0.2) is 25.4 Å². The summed E-state index contributed by atoms with van der Waals surface area (Å²) in [6.07, 6.45) is 1.85. The summed E-state index contributed by atoms with van der Waals surface area (Å²) in [5, 5.41) is 12.2. The van der Waals surface area contributed by atoms with Crippen LogP contribution in [0, 0.1) is 6.92 Å². The second kappa shape index (κ2) is 7.30. The zero-order valence-corrected chi connectivity index (χ0v) is 11.0. The molecule has 0 aromatic heterocycles. The Morgan fingerprint density at radius 1 is 1.35 bits per heavy atom. The molecule has 1 aromatic rings. The Bertz CT molecular complexity index is 339. The van der Waals surface area contributed by atoms with Gasteiger partial charge in [-0.05, 0) is 44.9 Å². The molecule has 1 aromatic carbocycles. The lowest BCUT2D eigenvalue weighted by molar-refractivity contribution is 0.282. The van der Waals surface area contributed by atoms with Crippen molar-refractivity contribution >= 4 is 0 Å². The molecule has 1 unspecified atom stereocenters. The molecular formula is C14H23NO2. The van der Waals surface area contributed by atoms with Gasteiger partial charge in [-0.15, -0.1) is 0 Å². The van der Waals surface area contributed by atoms with E-state index in [2.05, 4.69) is 37.4 Å². The van der Waals surface area contributed by atoms with E-state index in [4.69, 9.17) is 9.84 Å². The highest BCUT2D eigenvalue weighted by Gasteiger charge is 2.10. The summed E-state index contributed by atoms with van der Waals surface area (Å²) in [4.78, 5) is 0. The Morgan fingerprint density at radius 3 is 2.76 bits per heavy atom. The van der Waals surface area contributed by atoms with Gasteiger partial charge in [0.15, 0.2) is 0 Å². The van der Waals surface area contributed by atoms with Crippen LogP contribution in [0.5, 0.6) is 5.75 Å². The molecule has 0 fully saturated rings. The summed E-state index contributed by atoms with van der Waals surface area (Å²) < 4.78 is 5.39. The van der Waals surface area contributed by atoms with Gasteiger partial charge in [-0.25, -0.2) is 0 Å². The fraction of sp³-hybridized carbons (Fsp3) is 0.571. The van der Waals surface area contributed by atoms with Crippen LogP contribution in [0.25, 0.3) is 0 Å². The van der Waals surface area contributed by atoms with E-state index in [0.29, 0.717) is 0 Å². The minimum atomic E-state index is 0.268. The first kappa shape index (κ1) is 14.0. The van der Waals surface area contributed by atoms with Crippen LogP contribution in [0.2, 0.25) is 0 Å². The zero-order chi connectivity index (χ0) is 12.7. The van der Waals surface area contributed by atoms with Gasteiger partial charge in [-0.2, -0.15) is 0 Å². The van der Waals surface area contributed by atoms with Crippen molar-refractivity contribution in [1.82, 2.24) is 5.32 Å². The highest BCUT2D eigenvalue weighted by Crippen LogP contribution is 2.25. The molecule has 0 aliphatic rings. The molecule has 0 saturated heterocycles. The van der Waals surface area contributed by atoms with E-state index >= 15 is 0 Å². The quantitative estimate of drug-likeness (QED) is 0.716. The summed E-state index contributed by atoms with van der Waals surface area (Å²) in [6, 6.07) is 6.53. The predicted molar refractivity (Wildman–Crippen MR) is 70.5 cm³/mol. The van der Waals surface area contributed by atoms with Crippen LogP contribution in [0.4, 0.5) is 0 Å². The number of unbranched alkanes of at least 4 members (excludes halogenated alkanes) is 1. The van der Waals surface area contributed by atoms with Gasteiger partial charge < -0.3 is 15.2 Å². The van der Waals surface area contributed by atoms with E-state index in [-0.39, 0.29) is 12.6 Å². The molecule has 0 saturated carbocycles. The van der Waals surface area contributed by atoms with Crippen molar-refractivity contribution in [3.63, 3.8) is 0 Å². The second-order valence-electron chi connectivity index (χ2n) is 4.35. The van der Waals surface area contributed by atoms with Gasteiger partial charge in [0.25, 0.3) is 0 Å². The Hall–Kier alpha value is -1.06. The molecule has 1 atom stereocenters. The maximum absolute atomic E-state index is 8.71. The van der Waals surface area contributed by atoms with Gasteiger partial charge in [0.2, 0.25) is 0 Å². The van der Waals surface area contributed by atoms with Gasteiger partial charge in [-0.1, -0.05) is 12.1 Å². The van der Waals surface area contributed by atoms with Crippen molar-refractivity contribution in [1.29, 1.82) is 0 Å². The average Bonchev–Trinajstić information content (AvgIpc) is 2.34. The normalized spacial score (nSPS) is 12.5. The monoisotopic (exact) mass is 237 g/mol. The fourth-order valence-electron chi connectivity index (χ4n) is 1.84. The van der Waals surface area contributed by atoms with Crippen molar-refractivity contribution in [2.24, 2.45) is 0 Å². The minimum Gasteiger partial charge on any atom is -0.496 e. The van der Waals surface area contributed by atoms with Gasteiger partial charge in [0, 0.05) is 18.2 Å². The van der Waals surface area contributed by atoms with Crippen LogP contribution < -0.4 is 10.1 Å². The van der Waals surface area contributed by atoms with Crippen molar-refractivity contribution in [3.8, 4) is 5.75 Å². The van der Waals surface area contributed by atoms with E-state index < -0.39 is 0 Å². The molecule has 17 heavy (non-hydrogen) atoms. The standard InChI is InChI=1S/C14H23NO2/c1-11-6-7-13(14(10-11)17-3)12(2)15-8-4-5-9-16/h6-7,10,12,15-16H,4-5,8-9H2,1-3H3. The van der Waals surface area contributed by atoms with E-state index in [1.165, 1.54) is 11.1 Å². The lowest BCUT2D eigenvalue weighted by Gasteiger charge is -2.17. The van der Waals surface area contributed by atoms with Crippen molar-refractivity contribution < 1.29 is 9.84 Å². The smallest absolute Gasteiger partial charge is 0.123 e. The first-order valence-corrected chi connectivity index (χ1v) is 6.17. The molecule has 2 N–H and O–H groups in total. The fourth-order valence-corrected chi connectivity index (χ4v) is 1.84. The van der Waals surface area contributed by atoms with Gasteiger partial charge in [-0.3, -0.25) is 0 Å². The number of aryl methyl sites for hydroxylation is 1. The number of aliphatic hydroxyl groups is 1. The second-order valence-corrected chi connectivity index (χ2v) is 4.35. The number of nitrogens with one attached hydrogen (secondary N) is 1. The van der Waals surface area contributed by atoms with Gasteiger partial charge in [0.05, 0.1) is 7.11 Å². The average molecular weight is 237 g/mol. The summed E-state index contributed by atoms with van der Waals surface area (Å²) in [5.41, 5.74) is 2.39. The topological polar surface area (TPSA) is 41.5 Å². The molecule has 0 bridgehead atoms. The molecule has 96 valence electrons. The highest BCUT2D eigenvalue weighted by molar-refractivity contribution is 5.38. The van der Waals surface area contributed by atoms with Crippen LogP contribution in [0.15, 0.2) is 18.2 Å². The Labute approximate surface area is 104 Å². The third-order valence-electron chi connectivity index (χ3n) is 2.89. The Balaban J connectivity index is 2.58. The zero-order valence-electron chi connectivity index (χ0n) is 11.0. The van der Waals surface area contributed by atoms with Crippen LogP contribution in [0.1, 0.15) is 36.9 Å². The third-order valence-corrected chi connectivity index (χ3v) is 2.89. The van der Waals surface area contributed by atoms with E-state index in [1.807, 2.05) is 0 Å². The van der Waals surface area contributed by atoms with Crippen molar-refractivity contribution in [2.45, 2.75) is 32.7 Å². The molecule has 0 aliphatic carbocycles. The number of hydrogen-bond donors (Lipinski definition) is 2. The molecule has 3 nitrogen and oxygen atoms in total. The summed E-state index contributed by atoms with van der Waals surface area (Å²) in [7, 11) is 1.71. The van der Waals surface area contributed by atoms with Gasteiger partial charge >= 0.3 is 0 Å². The first-order valence-electron chi connectivity index (χ1n) is 6.17. The molecule has 1 rings (SSSR count). The lowest BCUT2D eigenvalue weighted by Crippen LogP contribution is -2.20. The summed E-state index contributed by atoms with van der Waals surface area (Å²) in [6.45, 7) is 5.38. The number of methoxy groups -OCH3 is 1. The van der Waals surface area contributed by atoms with Gasteiger partial charge in [0.1, 0.15) is 5.75 Å². The van der Waals surface area contributed by atoms with E-state index in [1.54, 1.807) is 7.11 Å². The van der Waals surface area contributed by atoms with Crippen molar-refractivity contribution in [2.75, 3.05) is 20.3 Å². The molecule has 0 aliphatic heterocycles. The predicted octanol–water partition coefficient (Wildman–Crippen LogP) is 2.43. The molecule has 0 radical (unpaired) electrons. The van der Waals surface area contributed by atoms with Crippen LogP contribution in [-0.2, 0) is 0 Å². The number of rotatable bonds is 7.